The summed E-state index contributed by atoms with van der Waals surface area (Å²) in [6.45, 7) is 4.68. The van der Waals surface area contributed by atoms with Crippen molar-refractivity contribution in [2.45, 2.75) is 45.3 Å². The first kappa shape index (κ1) is 13.8. The molecule has 0 bridgehead atoms. The van der Waals surface area contributed by atoms with Crippen molar-refractivity contribution in [1.29, 1.82) is 0 Å². The normalized spacial score (nSPS) is 30.2. The number of rotatable bonds is 5. The van der Waals surface area contributed by atoms with E-state index in [4.69, 9.17) is 4.52 Å². The maximum absolute atomic E-state index is 11.9. The fraction of sp³-hybridized carbons (Fsp3) is 0.786. The summed E-state index contributed by atoms with van der Waals surface area (Å²) in [5.41, 5.74) is 0.804. The van der Waals surface area contributed by atoms with E-state index in [0.29, 0.717) is 5.75 Å². The standard InChI is InChI=1S/C14H23NO2S/c1-11-7-12(2)9-13(8-11)4-6-18(16)10-14-3-5-17-15-14/h3,5,11-13H,4,6-10H2,1-2H3/t11-,12+,13?,18-/m1/s1. The van der Waals surface area contributed by atoms with Crippen molar-refractivity contribution in [3.63, 3.8) is 0 Å². The summed E-state index contributed by atoms with van der Waals surface area (Å²) in [6, 6.07) is 1.79. The molecule has 1 saturated carbocycles. The van der Waals surface area contributed by atoms with Crippen molar-refractivity contribution in [2.75, 3.05) is 5.75 Å². The molecule has 0 radical (unpaired) electrons. The molecule has 0 N–H and O–H groups in total. The highest BCUT2D eigenvalue weighted by atomic mass is 32.2. The second kappa shape index (κ2) is 6.50. The van der Waals surface area contributed by atoms with Crippen LogP contribution >= 0.6 is 0 Å². The van der Waals surface area contributed by atoms with E-state index in [0.717, 1.165) is 35.6 Å². The van der Waals surface area contributed by atoms with Gasteiger partial charge in [0, 0.05) is 22.6 Å². The minimum absolute atomic E-state index is 0.536. The van der Waals surface area contributed by atoms with Crippen LogP contribution in [0.3, 0.4) is 0 Å². The molecule has 0 amide bonds. The van der Waals surface area contributed by atoms with Gasteiger partial charge in [0.1, 0.15) is 6.26 Å². The van der Waals surface area contributed by atoms with Crippen LogP contribution in [0.1, 0.15) is 45.2 Å². The van der Waals surface area contributed by atoms with Gasteiger partial charge in [-0.2, -0.15) is 0 Å². The van der Waals surface area contributed by atoms with Crippen LogP contribution in [-0.4, -0.2) is 15.1 Å². The summed E-state index contributed by atoms with van der Waals surface area (Å²) < 4.78 is 16.7. The first-order chi connectivity index (χ1) is 8.63. The fourth-order valence-corrected chi connectivity index (χ4v) is 4.42. The second-order valence-electron chi connectivity index (χ2n) is 5.85. The predicted octanol–water partition coefficient (Wildman–Crippen LogP) is 3.39. The molecule has 3 nitrogen and oxygen atoms in total. The van der Waals surface area contributed by atoms with Crippen LogP contribution in [-0.2, 0) is 16.6 Å². The molecule has 0 spiro atoms. The van der Waals surface area contributed by atoms with E-state index in [9.17, 15) is 4.21 Å². The molecule has 1 unspecified atom stereocenters. The summed E-state index contributed by atoms with van der Waals surface area (Å²) in [4.78, 5) is 0. The average molecular weight is 269 g/mol. The molecule has 1 heterocycles. The van der Waals surface area contributed by atoms with Gasteiger partial charge in [-0.1, -0.05) is 19.0 Å². The molecule has 1 aromatic rings. The van der Waals surface area contributed by atoms with Crippen LogP contribution < -0.4 is 0 Å². The van der Waals surface area contributed by atoms with Crippen molar-refractivity contribution in [3.05, 3.63) is 18.0 Å². The largest absolute Gasteiger partial charge is 0.364 e. The molecule has 2 rings (SSSR count). The van der Waals surface area contributed by atoms with Crippen LogP contribution in [0, 0.1) is 17.8 Å². The van der Waals surface area contributed by atoms with Gasteiger partial charge in [-0.15, -0.1) is 0 Å². The predicted molar refractivity (Wildman–Crippen MR) is 73.5 cm³/mol. The van der Waals surface area contributed by atoms with Crippen LogP contribution in [0.4, 0.5) is 0 Å². The Morgan fingerprint density at radius 3 is 2.67 bits per heavy atom. The van der Waals surface area contributed by atoms with E-state index in [2.05, 4.69) is 19.0 Å². The Labute approximate surface area is 112 Å². The number of aromatic nitrogens is 1. The molecule has 4 atom stereocenters. The van der Waals surface area contributed by atoms with Gasteiger partial charge < -0.3 is 4.52 Å². The highest BCUT2D eigenvalue weighted by molar-refractivity contribution is 7.84. The Morgan fingerprint density at radius 1 is 1.33 bits per heavy atom. The Bertz CT molecular complexity index is 367. The highest BCUT2D eigenvalue weighted by Gasteiger charge is 2.24. The Morgan fingerprint density at radius 2 is 2.06 bits per heavy atom. The maximum Gasteiger partial charge on any atom is 0.124 e. The van der Waals surface area contributed by atoms with Crippen molar-refractivity contribution in [1.82, 2.24) is 5.16 Å². The van der Waals surface area contributed by atoms with Gasteiger partial charge in [0.15, 0.2) is 0 Å². The van der Waals surface area contributed by atoms with Crippen LogP contribution in [0.25, 0.3) is 0 Å². The molecule has 0 aromatic carbocycles. The molecule has 1 aliphatic carbocycles. The average Bonchev–Trinajstić information content (AvgIpc) is 2.78. The van der Waals surface area contributed by atoms with Gasteiger partial charge in [0.25, 0.3) is 0 Å². The number of hydrogen-bond acceptors (Lipinski definition) is 3. The topological polar surface area (TPSA) is 43.1 Å². The molecule has 1 aromatic heterocycles. The zero-order chi connectivity index (χ0) is 13.0. The van der Waals surface area contributed by atoms with Crippen molar-refractivity contribution < 1.29 is 8.73 Å². The Kier molecular flexibility index (Phi) is 4.98. The molecule has 1 fully saturated rings. The van der Waals surface area contributed by atoms with Gasteiger partial charge in [0.05, 0.1) is 11.4 Å². The van der Waals surface area contributed by atoms with Gasteiger partial charge in [-0.25, -0.2) is 0 Å². The SMILES string of the molecule is C[C@@H]1CC(CC[S@@](=O)Cc2ccon2)C[C@H](C)C1. The molecule has 0 aliphatic heterocycles. The minimum atomic E-state index is -0.796. The summed E-state index contributed by atoms with van der Waals surface area (Å²) in [5, 5.41) is 3.81. The molecular weight excluding hydrogens is 246 g/mol. The van der Waals surface area contributed by atoms with Crippen LogP contribution in [0.5, 0.6) is 0 Å². The third kappa shape index (κ3) is 4.23. The highest BCUT2D eigenvalue weighted by Crippen LogP contribution is 2.34. The van der Waals surface area contributed by atoms with Crippen molar-refractivity contribution in [3.8, 4) is 0 Å². The van der Waals surface area contributed by atoms with Gasteiger partial charge in [-0.05, 0) is 43.4 Å². The first-order valence-corrected chi connectivity index (χ1v) is 8.36. The summed E-state index contributed by atoms with van der Waals surface area (Å²) in [5.74, 6) is 3.78. The van der Waals surface area contributed by atoms with E-state index < -0.39 is 10.8 Å². The Hall–Kier alpha value is -0.640. The maximum atomic E-state index is 11.9. The number of nitrogens with zero attached hydrogens (tertiary/aromatic N) is 1. The lowest BCUT2D eigenvalue weighted by molar-refractivity contribution is 0.215. The second-order valence-corrected chi connectivity index (χ2v) is 7.43. The lowest BCUT2D eigenvalue weighted by atomic mass is 9.76. The van der Waals surface area contributed by atoms with Crippen molar-refractivity contribution in [2.24, 2.45) is 17.8 Å². The smallest absolute Gasteiger partial charge is 0.124 e. The van der Waals surface area contributed by atoms with Gasteiger partial charge >= 0.3 is 0 Å². The van der Waals surface area contributed by atoms with E-state index in [1.165, 1.54) is 25.5 Å². The molecular formula is C14H23NO2S. The fourth-order valence-electron chi connectivity index (χ4n) is 3.20. The van der Waals surface area contributed by atoms with E-state index in [-0.39, 0.29) is 0 Å². The Balaban J connectivity index is 1.72. The lowest BCUT2D eigenvalue weighted by Crippen LogP contribution is -2.21. The molecule has 102 valence electrons. The quantitative estimate of drug-likeness (QED) is 0.823. The van der Waals surface area contributed by atoms with Crippen LogP contribution in [0.15, 0.2) is 16.9 Å². The van der Waals surface area contributed by atoms with E-state index >= 15 is 0 Å². The summed E-state index contributed by atoms with van der Waals surface area (Å²) in [6.07, 6.45) is 6.62. The minimum Gasteiger partial charge on any atom is -0.364 e. The molecule has 0 saturated heterocycles. The number of hydrogen-bond donors (Lipinski definition) is 0. The zero-order valence-electron chi connectivity index (χ0n) is 11.3. The van der Waals surface area contributed by atoms with Gasteiger partial charge in [-0.3, -0.25) is 4.21 Å². The molecule has 4 heteroatoms. The zero-order valence-corrected chi connectivity index (χ0v) is 12.1. The van der Waals surface area contributed by atoms with Crippen molar-refractivity contribution >= 4 is 10.8 Å². The summed E-state index contributed by atoms with van der Waals surface area (Å²) in [7, 11) is -0.796. The van der Waals surface area contributed by atoms with Gasteiger partial charge in [0.2, 0.25) is 0 Å². The third-order valence-corrected chi connectivity index (χ3v) is 5.14. The third-order valence-electron chi connectivity index (χ3n) is 3.83. The summed E-state index contributed by atoms with van der Waals surface area (Å²) >= 11 is 0. The van der Waals surface area contributed by atoms with E-state index in [1.54, 1.807) is 6.07 Å². The lowest BCUT2D eigenvalue weighted by Gasteiger charge is -2.31. The first-order valence-electron chi connectivity index (χ1n) is 6.87. The molecule has 18 heavy (non-hydrogen) atoms. The van der Waals surface area contributed by atoms with E-state index in [1.807, 2.05) is 0 Å². The van der Waals surface area contributed by atoms with Crippen LogP contribution in [0.2, 0.25) is 0 Å². The molecule has 1 aliphatic rings. The monoisotopic (exact) mass is 269 g/mol.